The van der Waals surface area contributed by atoms with Gasteiger partial charge in [0.1, 0.15) is 0 Å². The Morgan fingerprint density at radius 2 is 1.52 bits per heavy atom. The van der Waals surface area contributed by atoms with E-state index >= 15 is 0 Å². The second-order valence-corrected chi connectivity index (χ2v) is 8.24. The molecular formula is C27H21NO5. The van der Waals surface area contributed by atoms with E-state index < -0.39 is 12.6 Å². The molecule has 1 aliphatic heterocycles. The SMILES string of the molecule is O=C(OCC(=O)c1cccc2ccccc12)c1cccc(N2C(=O)[C@H]3CC=CC[C@@H]3C2=O)c1. The number of anilines is 1. The summed E-state index contributed by atoms with van der Waals surface area (Å²) in [5.74, 6) is -2.19. The number of hydrogen-bond acceptors (Lipinski definition) is 5. The standard InChI is InChI=1S/C27H21NO5/c29-24(21-14-6-8-17-7-1-2-11-20(17)21)16-33-27(32)18-9-5-10-19(15-18)28-25(30)22-12-3-4-13-23(22)26(28)31/h1-11,14-15,22-23H,12-13,16H2/t22-,23-/m0/s1. The number of benzene rings is 3. The zero-order chi connectivity index (χ0) is 22.9. The van der Waals surface area contributed by atoms with Crippen LogP contribution in [0.2, 0.25) is 0 Å². The number of rotatable bonds is 5. The zero-order valence-corrected chi connectivity index (χ0v) is 17.8. The van der Waals surface area contributed by atoms with Gasteiger partial charge in [-0.1, -0.05) is 60.7 Å². The maximum Gasteiger partial charge on any atom is 0.338 e. The number of esters is 1. The minimum atomic E-state index is -0.691. The molecule has 1 heterocycles. The molecule has 1 aliphatic carbocycles. The molecule has 1 fully saturated rings. The maximum atomic E-state index is 12.8. The van der Waals surface area contributed by atoms with Gasteiger partial charge in [0.2, 0.25) is 17.6 Å². The number of amides is 2. The maximum absolute atomic E-state index is 12.8. The highest BCUT2D eigenvalue weighted by Crippen LogP contribution is 2.37. The number of carbonyl (C=O) groups excluding carboxylic acids is 4. The molecule has 1 saturated heterocycles. The molecule has 2 atom stereocenters. The predicted octanol–water partition coefficient (Wildman–Crippen LogP) is 4.34. The highest BCUT2D eigenvalue weighted by molar-refractivity contribution is 6.22. The first kappa shape index (κ1) is 20.8. The van der Waals surface area contributed by atoms with E-state index in [0.29, 0.717) is 24.1 Å². The van der Waals surface area contributed by atoms with Crippen molar-refractivity contribution in [1.82, 2.24) is 0 Å². The van der Waals surface area contributed by atoms with E-state index in [1.807, 2.05) is 42.5 Å². The minimum Gasteiger partial charge on any atom is -0.454 e. The Hall–Kier alpha value is -4.06. The summed E-state index contributed by atoms with van der Waals surface area (Å²) in [6.07, 6.45) is 4.95. The van der Waals surface area contributed by atoms with E-state index in [4.69, 9.17) is 4.74 Å². The van der Waals surface area contributed by atoms with Gasteiger partial charge in [0, 0.05) is 5.56 Å². The zero-order valence-electron chi connectivity index (χ0n) is 17.8. The molecule has 33 heavy (non-hydrogen) atoms. The number of fused-ring (bicyclic) bond motifs is 2. The van der Waals surface area contributed by atoms with Crippen molar-refractivity contribution in [2.24, 2.45) is 11.8 Å². The fourth-order valence-electron chi connectivity index (χ4n) is 4.59. The Balaban J connectivity index is 1.31. The van der Waals surface area contributed by atoms with E-state index in [0.717, 1.165) is 10.8 Å². The Labute approximate surface area is 190 Å². The lowest BCUT2D eigenvalue weighted by atomic mass is 9.85. The van der Waals surface area contributed by atoms with Crippen LogP contribution in [-0.2, 0) is 14.3 Å². The molecule has 0 unspecified atom stereocenters. The van der Waals surface area contributed by atoms with Crippen molar-refractivity contribution in [1.29, 1.82) is 0 Å². The monoisotopic (exact) mass is 439 g/mol. The molecule has 0 radical (unpaired) electrons. The quantitative estimate of drug-likeness (QED) is 0.256. The van der Waals surface area contributed by atoms with E-state index in [1.54, 1.807) is 24.3 Å². The first-order valence-corrected chi connectivity index (χ1v) is 10.9. The summed E-state index contributed by atoms with van der Waals surface area (Å²) >= 11 is 0. The fourth-order valence-corrected chi connectivity index (χ4v) is 4.59. The van der Waals surface area contributed by atoms with Crippen LogP contribution in [0.25, 0.3) is 10.8 Å². The highest BCUT2D eigenvalue weighted by atomic mass is 16.5. The second kappa shape index (κ2) is 8.47. The van der Waals surface area contributed by atoms with Gasteiger partial charge in [-0.15, -0.1) is 0 Å². The van der Waals surface area contributed by atoms with E-state index in [2.05, 4.69) is 0 Å². The number of hydrogen-bond donors (Lipinski definition) is 0. The van der Waals surface area contributed by atoms with Crippen LogP contribution in [-0.4, -0.2) is 30.2 Å². The molecule has 5 rings (SSSR count). The molecule has 0 aromatic heterocycles. The van der Waals surface area contributed by atoms with Crippen molar-refractivity contribution in [3.05, 3.63) is 90.0 Å². The summed E-state index contributed by atoms with van der Waals surface area (Å²) < 4.78 is 5.27. The van der Waals surface area contributed by atoms with Crippen molar-refractivity contribution >= 4 is 40.0 Å². The number of Topliss-reactive ketones (excluding diaryl/α,β-unsaturated/α-hetero) is 1. The normalized spacial score (nSPS) is 19.6. The van der Waals surface area contributed by atoms with Gasteiger partial charge in [0.15, 0.2) is 6.61 Å². The lowest BCUT2D eigenvalue weighted by Crippen LogP contribution is -2.31. The summed E-state index contributed by atoms with van der Waals surface area (Å²) in [4.78, 5) is 52.2. The van der Waals surface area contributed by atoms with Gasteiger partial charge in [0.25, 0.3) is 0 Å². The van der Waals surface area contributed by atoms with E-state index in [-0.39, 0.29) is 35.0 Å². The van der Waals surface area contributed by atoms with Crippen LogP contribution in [0.3, 0.4) is 0 Å². The molecule has 0 N–H and O–H groups in total. The lowest BCUT2D eigenvalue weighted by Gasteiger charge is -2.15. The van der Waals surface area contributed by atoms with Gasteiger partial charge in [-0.3, -0.25) is 19.3 Å². The molecule has 2 amide bonds. The molecular weight excluding hydrogens is 418 g/mol. The molecule has 0 bridgehead atoms. The first-order valence-electron chi connectivity index (χ1n) is 10.9. The molecule has 164 valence electrons. The third-order valence-electron chi connectivity index (χ3n) is 6.27. The molecule has 2 aliphatic rings. The van der Waals surface area contributed by atoms with Gasteiger partial charge >= 0.3 is 5.97 Å². The van der Waals surface area contributed by atoms with E-state index in [1.165, 1.54) is 17.0 Å². The Morgan fingerprint density at radius 3 is 2.27 bits per heavy atom. The predicted molar refractivity (Wildman–Crippen MR) is 123 cm³/mol. The van der Waals surface area contributed by atoms with Crippen LogP contribution in [0.15, 0.2) is 78.9 Å². The van der Waals surface area contributed by atoms with Crippen molar-refractivity contribution < 1.29 is 23.9 Å². The van der Waals surface area contributed by atoms with Crippen LogP contribution >= 0.6 is 0 Å². The number of carbonyl (C=O) groups is 4. The topological polar surface area (TPSA) is 80.8 Å². The number of allylic oxidation sites excluding steroid dienone is 2. The summed E-state index contributed by atoms with van der Waals surface area (Å²) in [5.41, 5.74) is 1.00. The number of nitrogens with zero attached hydrogens (tertiary/aromatic N) is 1. The summed E-state index contributed by atoms with van der Waals surface area (Å²) in [6.45, 7) is -0.408. The summed E-state index contributed by atoms with van der Waals surface area (Å²) in [6, 6.07) is 19.1. The van der Waals surface area contributed by atoms with Crippen molar-refractivity contribution in [3.8, 4) is 0 Å². The number of ketones is 1. The molecule has 0 saturated carbocycles. The largest absolute Gasteiger partial charge is 0.454 e. The average molecular weight is 439 g/mol. The van der Waals surface area contributed by atoms with Gasteiger partial charge in [-0.25, -0.2) is 4.79 Å². The van der Waals surface area contributed by atoms with Crippen LogP contribution in [0.5, 0.6) is 0 Å². The van der Waals surface area contributed by atoms with Gasteiger partial charge in [0.05, 0.1) is 23.1 Å². The van der Waals surface area contributed by atoms with Crippen molar-refractivity contribution in [3.63, 3.8) is 0 Å². The third kappa shape index (κ3) is 3.74. The average Bonchev–Trinajstić information content (AvgIpc) is 3.12. The van der Waals surface area contributed by atoms with E-state index in [9.17, 15) is 19.2 Å². The van der Waals surface area contributed by atoms with Crippen LogP contribution in [0.4, 0.5) is 5.69 Å². The van der Waals surface area contributed by atoms with Gasteiger partial charge in [-0.05, 0) is 41.8 Å². The van der Waals surface area contributed by atoms with Crippen LogP contribution < -0.4 is 4.90 Å². The Kier molecular flexibility index (Phi) is 5.34. The van der Waals surface area contributed by atoms with Crippen molar-refractivity contribution in [2.75, 3.05) is 11.5 Å². The van der Waals surface area contributed by atoms with Crippen molar-refractivity contribution in [2.45, 2.75) is 12.8 Å². The third-order valence-corrected chi connectivity index (χ3v) is 6.27. The fraction of sp³-hybridized carbons (Fsp3) is 0.185. The van der Waals surface area contributed by atoms with Crippen LogP contribution in [0, 0.1) is 11.8 Å². The second-order valence-electron chi connectivity index (χ2n) is 8.24. The summed E-state index contributed by atoms with van der Waals surface area (Å²) in [7, 11) is 0. The van der Waals surface area contributed by atoms with Crippen LogP contribution in [0.1, 0.15) is 33.6 Å². The van der Waals surface area contributed by atoms with Gasteiger partial charge < -0.3 is 4.74 Å². The molecule has 6 heteroatoms. The molecule has 0 spiro atoms. The Bertz CT molecular complexity index is 1290. The molecule has 3 aromatic rings. The first-order chi connectivity index (χ1) is 16.0. The van der Waals surface area contributed by atoms with Gasteiger partial charge in [-0.2, -0.15) is 0 Å². The number of ether oxygens (including phenoxy) is 1. The molecule has 6 nitrogen and oxygen atoms in total. The Morgan fingerprint density at radius 1 is 0.848 bits per heavy atom. The summed E-state index contributed by atoms with van der Waals surface area (Å²) in [5, 5.41) is 1.73. The molecule has 3 aromatic carbocycles. The highest BCUT2D eigenvalue weighted by Gasteiger charge is 2.47. The number of imide groups is 1. The smallest absolute Gasteiger partial charge is 0.338 e. The lowest BCUT2D eigenvalue weighted by molar-refractivity contribution is -0.122. The minimum absolute atomic E-state index is 0.173.